The standard InChI is InChI=1S/C24H30N2O7S/c1-3-31-24(28)20-9-10-22(33-20)34(29,30)26-13-11-19(12-14-26)23(27)25-15-17(2)32-21(16-25)18-7-5-4-6-8-18/h4-10,17,19,21H,3,11-16H2,1-2H3. The van der Waals surface area contributed by atoms with Crippen LogP contribution in [0.25, 0.3) is 0 Å². The van der Waals surface area contributed by atoms with Gasteiger partial charge in [-0.15, -0.1) is 0 Å². The van der Waals surface area contributed by atoms with E-state index < -0.39 is 16.0 Å². The van der Waals surface area contributed by atoms with Crippen LogP contribution in [0.5, 0.6) is 0 Å². The largest absolute Gasteiger partial charge is 0.460 e. The Hall–Kier alpha value is -2.69. The number of nitrogens with zero attached hydrogens (tertiary/aromatic N) is 2. The van der Waals surface area contributed by atoms with Gasteiger partial charge >= 0.3 is 5.97 Å². The monoisotopic (exact) mass is 490 g/mol. The van der Waals surface area contributed by atoms with Gasteiger partial charge in [0.1, 0.15) is 6.10 Å². The Morgan fingerprint density at radius 3 is 2.44 bits per heavy atom. The molecule has 2 atom stereocenters. The number of benzene rings is 1. The number of furan rings is 1. The lowest BCUT2D eigenvalue weighted by atomic mass is 9.95. The number of esters is 1. The molecule has 1 aromatic heterocycles. The highest BCUT2D eigenvalue weighted by molar-refractivity contribution is 7.89. The van der Waals surface area contributed by atoms with Crippen LogP contribution in [-0.4, -0.2) is 68.4 Å². The normalized spacial score (nSPS) is 22.5. The minimum atomic E-state index is -3.90. The second-order valence-corrected chi connectivity index (χ2v) is 10.5. The Bertz CT molecular complexity index is 1110. The maximum Gasteiger partial charge on any atom is 0.374 e. The lowest BCUT2D eigenvalue weighted by Gasteiger charge is -2.40. The van der Waals surface area contributed by atoms with Gasteiger partial charge in [0.05, 0.1) is 19.3 Å². The van der Waals surface area contributed by atoms with Crippen LogP contribution in [0.1, 0.15) is 48.9 Å². The molecule has 2 aliphatic heterocycles. The smallest absolute Gasteiger partial charge is 0.374 e. The first kappa shape index (κ1) is 24.4. The van der Waals surface area contributed by atoms with Crippen molar-refractivity contribution < 1.29 is 31.9 Å². The lowest BCUT2D eigenvalue weighted by Crippen LogP contribution is -2.50. The third kappa shape index (κ3) is 5.18. The zero-order valence-electron chi connectivity index (χ0n) is 19.4. The molecule has 3 heterocycles. The average molecular weight is 491 g/mol. The van der Waals surface area contributed by atoms with Crippen molar-refractivity contribution in [2.45, 2.75) is 44.0 Å². The molecular formula is C24H30N2O7S. The van der Waals surface area contributed by atoms with Crippen molar-refractivity contribution in [3.63, 3.8) is 0 Å². The lowest BCUT2D eigenvalue weighted by molar-refractivity contribution is -0.150. The van der Waals surface area contributed by atoms with Crippen LogP contribution in [0.2, 0.25) is 0 Å². The van der Waals surface area contributed by atoms with E-state index >= 15 is 0 Å². The van der Waals surface area contributed by atoms with E-state index in [0.717, 1.165) is 5.56 Å². The van der Waals surface area contributed by atoms with Crippen LogP contribution in [0, 0.1) is 5.92 Å². The number of carbonyl (C=O) groups is 2. The Morgan fingerprint density at radius 1 is 1.06 bits per heavy atom. The highest BCUT2D eigenvalue weighted by Gasteiger charge is 2.37. The number of sulfonamides is 1. The van der Waals surface area contributed by atoms with Crippen molar-refractivity contribution >= 4 is 21.9 Å². The molecule has 2 unspecified atom stereocenters. The van der Waals surface area contributed by atoms with E-state index in [1.807, 2.05) is 42.2 Å². The third-order valence-corrected chi connectivity index (χ3v) is 7.97. The molecular weight excluding hydrogens is 460 g/mol. The predicted molar refractivity (Wildman–Crippen MR) is 122 cm³/mol. The molecule has 34 heavy (non-hydrogen) atoms. The van der Waals surface area contributed by atoms with Crippen LogP contribution in [-0.2, 0) is 24.3 Å². The Kier molecular flexibility index (Phi) is 7.39. The van der Waals surface area contributed by atoms with E-state index in [-0.39, 0.29) is 54.6 Å². The topological polar surface area (TPSA) is 106 Å². The second-order valence-electron chi connectivity index (χ2n) is 8.61. The van der Waals surface area contributed by atoms with Crippen LogP contribution in [0.15, 0.2) is 52.0 Å². The molecule has 0 radical (unpaired) electrons. The number of hydrogen-bond donors (Lipinski definition) is 0. The van der Waals surface area contributed by atoms with E-state index in [4.69, 9.17) is 13.9 Å². The molecule has 2 saturated heterocycles. The fourth-order valence-electron chi connectivity index (χ4n) is 4.48. The molecule has 0 aliphatic carbocycles. The van der Waals surface area contributed by atoms with Gasteiger partial charge in [-0.2, -0.15) is 4.31 Å². The van der Waals surface area contributed by atoms with Crippen molar-refractivity contribution in [1.29, 1.82) is 0 Å². The van der Waals surface area contributed by atoms with E-state index in [9.17, 15) is 18.0 Å². The van der Waals surface area contributed by atoms with Gasteiger partial charge in [-0.25, -0.2) is 13.2 Å². The van der Waals surface area contributed by atoms with E-state index in [2.05, 4.69) is 0 Å². The summed E-state index contributed by atoms with van der Waals surface area (Å²) in [6, 6.07) is 12.4. The summed E-state index contributed by atoms with van der Waals surface area (Å²) in [7, 11) is -3.90. The fraction of sp³-hybridized carbons (Fsp3) is 0.500. The summed E-state index contributed by atoms with van der Waals surface area (Å²) in [5.41, 5.74) is 1.04. The first-order valence-electron chi connectivity index (χ1n) is 11.6. The Balaban J connectivity index is 1.37. The van der Waals surface area contributed by atoms with Gasteiger partial charge in [0, 0.05) is 25.6 Å². The first-order chi connectivity index (χ1) is 16.3. The molecule has 9 nitrogen and oxygen atoms in total. The summed E-state index contributed by atoms with van der Waals surface area (Å²) in [4.78, 5) is 26.9. The summed E-state index contributed by atoms with van der Waals surface area (Å²) in [5.74, 6) is -1.07. The zero-order chi connectivity index (χ0) is 24.3. The van der Waals surface area contributed by atoms with Gasteiger partial charge < -0.3 is 18.8 Å². The van der Waals surface area contributed by atoms with Gasteiger partial charge in [-0.3, -0.25) is 4.79 Å². The van der Waals surface area contributed by atoms with Gasteiger partial charge in [-0.05, 0) is 44.4 Å². The maximum atomic E-state index is 13.3. The number of carbonyl (C=O) groups excluding carboxylic acids is 2. The van der Waals surface area contributed by atoms with Crippen molar-refractivity contribution in [2.24, 2.45) is 5.92 Å². The molecule has 184 valence electrons. The quantitative estimate of drug-likeness (QED) is 0.573. The van der Waals surface area contributed by atoms with E-state index in [1.165, 1.54) is 16.4 Å². The fourth-order valence-corrected chi connectivity index (χ4v) is 5.86. The van der Waals surface area contributed by atoms with Crippen LogP contribution in [0.4, 0.5) is 0 Å². The number of ether oxygens (including phenoxy) is 2. The zero-order valence-corrected chi connectivity index (χ0v) is 20.2. The molecule has 2 aliphatic rings. The van der Waals surface area contributed by atoms with Crippen LogP contribution in [0.3, 0.4) is 0 Å². The molecule has 1 aromatic carbocycles. The van der Waals surface area contributed by atoms with Crippen molar-refractivity contribution in [1.82, 2.24) is 9.21 Å². The molecule has 10 heteroatoms. The Labute approximate surface area is 199 Å². The highest BCUT2D eigenvalue weighted by Crippen LogP contribution is 2.30. The predicted octanol–water partition coefficient (Wildman–Crippen LogP) is 2.85. The van der Waals surface area contributed by atoms with Gasteiger partial charge in [0.2, 0.25) is 16.8 Å². The molecule has 4 rings (SSSR count). The molecule has 2 fully saturated rings. The van der Waals surface area contributed by atoms with Crippen molar-refractivity contribution in [2.75, 3.05) is 32.8 Å². The molecule has 0 bridgehead atoms. The van der Waals surface area contributed by atoms with Crippen LogP contribution < -0.4 is 0 Å². The number of rotatable bonds is 6. The average Bonchev–Trinajstić information content (AvgIpc) is 3.36. The number of hydrogen-bond acceptors (Lipinski definition) is 7. The van der Waals surface area contributed by atoms with Gasteiger partial charge in [0.25, 0.3) is 10.0 Å². The highest BCUT2D eigenvalue weighted by atomic mass is 32.2. The molecule has 0 spiro atoms. The molecule has 2 aromatic rings. The summed E-state index contributed by atoms with van der Waals surface area (Å²) < 4.78 is 43.4. The molecule has 1 amide bonds. The van der Waals surface area contributed by atoms with Crippen LogP contribution >= 0.6 is 0 Å². The minimum absolute atomic E-state index is 0.0377. The molecule has 0 N–H and O–H groups in total. The molecule has 0 saturated carbocycles. The van der Waals surface area contributed by atoms with Crippen molar-refractivity contribution in [3.05, 3.63) is 53.8 Å². The second kappa shape index (κ2) is 10.3. The van der Waals surface area contributed by atoms with Crippen molar-refractivity contribution in [3.8, 4) is 0 Å². The number of piperidine rings is 1. The number of morpholine rings is 1. The third-order valence-electron chi connectivity index (χ3n) is 6.20. The maximum absolute atomic E-state index is 13.3. The van der Waals surface area contributed by atoms with E-state index in [1.54, 1.807) is 6.92 Å². The summed E-state index contributed by atoms with van der Waals surface area (Å²) in [5, 5.41) is -0.298. The number of amides is 1. The first-order valence-corrected chi connectivity index (χ1v) is 13.0. The van der Waals surface area contributed by atoms with Gasteiger partial charge in [-0.1, -0.05) is 30.3 Å². The Morgan fingerprint density at radius 2 is 1.76 bits per heavy atom. The minimum Gasteiger partial charge on any atom is -0.460 e. The SMILES string of the molecule is CCOC(=O)c1ccc(S(=O)(=O)N2CCC(C(=O)N3CC(C)OC(c4ccccc4)C3)CC2)o1. The van der Waals surface area contributed by atoms with E-state index in [0.29, 0.717) is 25.9 Å². The summed E-state index contributed by atoms with van der Waals surface area (Å²) in [6.45, 7) is 5.18. The van der Waals surface area contributed by atoms with Gasteiger partial charge in [0.15, 0.2) is 0 Å². The summed E-state index contributed by atoms with van der Waals surface area (Å²) in [6.07, 6.45) is 0.578. The summed E-state index contributed by atoms with van der Waals surface area (Å²) >= 11 is 0.